The molecule has 1 aliphatic heterocycles. The second-order valence-electron chi connectivity index (χ2n) is 7.20. The van der Waals surface area contributed by atoms with Crippen molar-refractivity contribution in [1.82, 2.24) is 25.4 Å². The maximum atomic E-state index is 12.4. The molecular formula is C17H24N6OS2. The number of hydrogen-bond donors (Lipinski definition) is 3. The van der Waals surface area contributed by atoms with E-state index in [4.69, 9.17) is 5.73 Å². The van der Waals surface area contributed by atoms with E-state index in [1.807, 2.05) is 11.3 Å². The molecule has 4 rings (SSSR count). The number of carbonyl (C=O) groups is 1. The Morgan fingerprint density at radius 2 is 2.23 bits per heavy atom. The molecule has 7 nitrogen and oxygen atoms in total. The Morgan fingerprint density at radius 3 is 2.85 bits per heavy atom. The summed E-state index contributed by atoms with van der Waals surface area (Å²) in [7, 11) is 0. The van der Waals surface area contributed by atoms with Crippen LogP contribution in [-0.2, 0) is 11.3 Å². The number of thiophene rings is 1. The van der Waals surface area contributed by atoms with Gasteiger partial charge in [-0.15, -0.1) is 16.4 Å². The zero-order valence-electron chi connectivity index (χ0n) is 14.8. The smallest absolute Gasteiger partial charge is 0.230 e. The molecule has 26 heavy (non-hydrogen) atoms. The molecule has 4 N–H and O–H groups in total. The van der Waals surface area contributed by atoms with E-state index in [9.17, 15) is 4.79 Å². The summed E-state index contributed by atoms with van der Waals surface area (Å²) in [6.07, 6.45) is 2.42. The van der Waals surface area contributed by atoms with Gasteiger partial charge in [-0.1, -0.05) is 11.8 Å². The number of fused-ring (bicyclic) bond motifs is 2. The number of hydrogen-bond acceptors (Lipinski definition) is 7. The number of nitrogen functional groups attached to an aromatic ring is 1. The topological polar surface area (TPSA) is 99.9 Å². The lowest BCUT2D eigenvalue weighted by Crippen LogP contribution is -2.52. The molecule has 1 amide bonds. The SMILES string of the molecule is Cc1ccsc1CN1C[C@H]2CC[C@@H](C1)C2NC(=O)CSc1n[nH]c(N)n1. The van der Waals surface area contributed by atoms with Crippen molar-refractivity contribution < 1.29 is 4.79 Å². The van der Waals surface area contributed by atoms with Gasteiger partial charge in [-0.05, 0) is 48.6 Å². The molecule has 0 radical (unpaired) electrons. The van der Waals surface area contributed by atoms with Crippen LogP contribution in [0.3, 0.4) is 0 Å². The van der Waals surface area contributed by atoms with Gasteiger partial charge in [-0.3, -0.25) is 9.69 Å². The normalized spacial score (nSPS) is 25.5. The summed E-state index contributed by atoms with van der Waals surface area (Å²) >= 11 is 3.16. The molecule has 2 bridgehead atoms. The van der Waals surface area contributed by atoms with Crippen LogP contribution in [0.4, 0.5) is 5.95 Å². The second kappa shape index (κ2) is 7.58. The van der Waals surface area contributed by atoms with Crippen molar-refractivity contribution >= 4 is 35.0 Å². The van der Waals surface area contributed by atoms with E-state index in [1.54, 1.807) is 0 Å². The Morgan fingerprint density at radius 1 is 1.46 bits per heavy atom. The number of aryl methyl sites for hydroxylation is 1. The number of likely N-dealkylation sites (tertiary alicyclic amines) is 1. The van der Waals surface area contributed by atoms with Crippen LogP contribution in [0, 0.1) is 18.8 Å². The third kappa shape index (κ3) is 3.89. The number of amides is 1. The van der Waals surface area contributed by atoms with Crippen LogP contribution >= 0.6 is 23.1 Å². The Labute approximate surface area is 161 Å². The number of thioether (sulfide) groups is 1. The van der Waals surface area contributed by atoms with Crippen LogP contribution < -0.4 is 11.1 Å². The van der Waals surface area contributed by atoms with Crippen molar-refractivity contribution in [2.24, 2.45) is 11.8 Å². The van der Waals surface area contributed by atoms with E-state index < -0.39 is 0 Å². The molecule has 2 aliphatic rings. The minimum Gasteiger partial charge on any atom is -0.368 e. The number of aromatic amines is 1. The first-order valence-electron chi connectivity index (χ1n) is 8.94. The fourth-order valence-electron chi connectivity index (χ4n) is 4.13. The predicted octanol–water partition coefficient (Wildman–Crippen LogP) is 1.88. The molecular weight excluding hydrogens is 368 g/mol. The quantitative estimate of drug-likeness (QED) is 0.649. The number of aromatic nitrogens is 3. The average molecular weight is 393 g/mol. The molecule has 2 aromatic heterocycles. The summed E-state index contributed by atoms with van der Waals surface area (Å²) in [6.45, 7) is 5.37. The van der Waals surface area contributed by atoms with Crippen molar-refractivity contribution in [2.45, 2.75) is 37.5 Å². The number of nitrogens with two attached hydrogens (primary N) is 1. The Kier molecular flexibility index (Phi) is 5.19. The zero-order chi connectivity index (χ0) is 18.1. The van der Waals surface area contributed by atoms with E-state index in [-0.39, 0.29) is 11.9 Å². The van der Waals surface area contributed by atoms with E-state index in [0.29, 0.717) is 28.8 Å². The molecule has 3 heterocycles. The first-order valence-corrected chi connectivity index (χ1v) is 10.8. The van der Waals surface area contributed by atoms with Gasteiger partial charge in [0.1, 0.15) is 0 Å². The molecule has 1 saturated heterocycles. The number of H-pyrrole nitrogens is 1. The molecule has 1 saturated carbocycles. The lowest BCUT2D eigenvalue weighted by Gasteiger charge is -2.38. The maximum absolute atomic E-state index is 12.4. The lowest BCUT2D eigenvalue weighted by atomic mass is 9.92. The summed E-state index contributed by atoms with van der Waals surface area (Å²) in [4.78, 5) is 20.4. The number of rotatable bonds is 6. The number of nitrogens with zero attached hydrogens (tertiary/aromatic N) is 3. The lowest BCUT2D eigenvalue weighted by molar-refractivity contribution is -0.120. The van der Waals surface area contributed by atoms with Crippen molar-refractivity contribution in [1.29, 1.82) is 0 Å². The molecule has 2 aromatic rings. The highest BCUT2D eigenvalue weighted by Crippen LogP contribution is 2.38. The molecule has 140 valence electrons. The highest BCUT2D eigenvalue weighted by atomic mass is 32.2. The van der Waals surface area contributed by atoms with Crippen LogP contribution in [0.2, 0.25) is 0 Å². The van der Waals surface area contributed by atoms with Crippen LogP contribution in [0.1, 0.15) is 23.3 Å². The van der Waals surface area contributed by atoms with Gasteiger partial charge in [0.2, 0.25) is 17.0 Å². The molecule has 2 fully saturated rings. The van der Waals surface area contributed by atoms with Crippen molar-refractivity contribution in [2.75, 3.05) is 24.6 Å². The minimum atomic E-state index is 0.0582. The van der Waals surface area contributed by atoms with Crippen LogP contribution in [0.15, 0.2) is 16.6 Å². The van der Waals surface area contributed by atoms with Gasteiger partial charge in [0, 0.05) is 30.6 Å². The van der Waals surface area contributed by atoms with E-state index >= 15 is 0 Å². The first kappa shape index (κ1) is 17.8. The van der Waals surface area contributed by atoms with Crippen molar-refractivity contribution in [3.05, 3.63) is 21.9 Å². The van der Waals surface area contributed by atoms with Gasteiger partial charge in [0.05, 0.1) is 5.75 Å². The Hall–Kier alpha value is -1.58. The van der Waals surface area contributed by atoms with Crippen molar-refractivity contribution in [3.8, 4) is 0 Å². The van der Waals surface area contributed by atoms with Crippen LogP contribution in [0.25, 0.3) is 0 Å². The fraction of sp³-hybridized carbons (Fsp3) is 0.588. The minimum absolute atomic E-state index is 0.0582. The number of carbonyl (C=O) groups excluding carboxylic acids is 1. The van der Waals surface area contributed by atoms with E-state index in [0.717, 1.165) is 19.6 Å². The molecule has 3 atom stereocenters. The monoisotopic (exact) mass is 392 g/mol. The summed E-state index contributed by atoms with van der Waals surface area (Å²) in [5.74, 6) is 1.78. The molecule has 0 aromatic carbocycles. The number of nitrogens with one attached hydrogen (secondary N) is 2. The molecule has 1 aliphatic carbocycles. The van der Waals surface area contributed by atoms with Gasteiger partial charge in [0.25, 0.3) is 0 Å². The van der Waals surface area contributed by atoms with Crippen molar-refractivity contribution in [3.63, 3.8) is 0 Å². The highest BCUT2D eigenvalue weighted by Gasteiger charge is 2.42. The number of piperidine rings is 1. The van der Waals surface area contributed by atoms with Gasteiger partial charge in [-0.2, -0.15) is 4.98 Å². The van der Waals surface area contributed by atoms with Gasteiger partial charge in [-0.25, -0.2) is 5.10 Å². The maximum Gasteiger partial charge on any atom is 0.230 e. The van der Waals surface area contributed by atoms with Gasteiger partial charge in [0.15, 0.2) is 0 Å². The molecule has 9 heteroatoms. The van der Waals surface area contributed by atoms with Gasteiger partial charge < -0.3 is 11.1 Å². The first-order chi connectivity index (χ1) is 12.6. The Bertz CT molecular complexity index is 761. The van der Waals surface area contributed by atoms with Crippen LogP contribution in [-0.4, -0.2) is 50.9 Å². The second-order valence-corrected chi connectivity index (χ2v) is 9.15. The highest BCUT2D eigenvalue weighted by molar-refractivity contribution is 7.99. The third-order valence-corrected chi connectivity index (χ3v) is 7.24. The predicted molar refractivity (Wildman–Crippen MR) is 104 cm³/mol. The standard InChI is InChI=1S/C17H24N6OS2/c1-10-4-5-25-13(10)8-23-6-11-2-3-12(7-23)15(11)19-14(24)9-26-17-20-16(18)21-22-17/h4-5,11-12,15H,2-3,6-9H2,1H3,(H,19,24)(H3,18,20,21,22)/t11-,12+,15?. The largest absolute Gasteiger partial charge is 0.368 e. The third-order valence-electron chi connectivity index (χ3n) is 5.39. The van der Waals surface area contributed by atoms with E-state index in [1.165, 1.54) is 35.0 Å². The summed E-state index contributed by atoms with van der Waals surface area (Å²) in [6, 6.07) is 2.50. The van der Waals surface area contributed by atoms with E-state index in [2.05, 4.69) is 43.8 Å². The Balaban J connectivity index is 1.29. The summed E-state index contributed by atoms with van der Waals surface area (Å²) in [5.41, 5.74) is 6.89. The summed E-state index contributed by atoms with van der Waals surface area (Å²) < 4.78 is 0. The average Bonchev–Trinajstić information content (AvgIpc) is 3.26. The fourth-order valence-corrected chi connectivity index (χ4v) is 5.70. The zero-order valence-corrected chi connectivity index (χ0v) is 16.4. The van der Waals surface area contributed by atoms with Crippen LogP contribution in [0.5, 0.6) is 0 Å². The molecule has 0 spiro atoms. The summed E-state index contributed by atoms with van der Waals surface area (Å²) in [5, 5.41) is 12.5. The molecule has 1 unspecified atom stereocenters. The number of anilines is 1. The van der Waals surface area contributed by atoms with Gasteiger partial charge >= 0.3 is 0 Å².